The molecule has 3 N–H and O–H groups in total. The summed E-state index contributed by atoms with van der Waals surface area (Å²) in [4.78, 5) is 16.5. The molecular weight excluding hydrogens is 378 g/mol. The summed E-state index contributed by atoms with van der Waals surface area (Å²) >= 11 is 0. The molecule has 0 saturated heterocycles. The molecule has 2 aromatic heterocycles. The van der Waals surface area contributed by atoms with Gasteiger partial charge in [-0.25, -0.2) is 13.8 Å². The highest BCUT2D eigenvalue weighted by Crippen LogP contribution is 2.22. The Labute approximate surface area is 164 Å². The fourth-order valence-corrected chi connectivity index (χ4v) is 2.98. The molecule has 4 rings (SSSR count). The lowest BCUT2D eigenvalue weighted by atomic mass is 10.1. The van der Waals surface area contributed by atoms with E-state index in [9.17, 15) is 13.6 Å². The maximum absolute atomic E-state index is 14.2. The van der Waals surface area contributed by atoms with Crippen LogP contribution in [-0.2, 0) is 6.54 Å². The van der Waals surface area contributed by atoms with Crippen LogP contribution in [0.25, 0.3) is 10.9 Å². The number of hydrogen-bond donors (Lipinski definition) is 3. The minimum absolute atomic E-state index is 0.0764. The molecule has 0 saturated carbocycles. The van der Waals surface area contributed by atoms with Gasteiger partial charge >= 0.3 is 0 Å². The van der Waals surface area contributed by atoms with Crippen LogP contribution in [0.15, 0.2) is 55.2 Å². The Morgan fingerprint density at radius 1 is 1.17 bits per heavy atom. The van der Waals surface area contributed by atoms with Crippen molar-refractivity contribution in [2.75, 3.05) is 17.2 Å². The van der Waals surface area contributed by atoms with Crippen molar-refractivity contribution in [2.24, 2.45) is 0 Å². The molecule has 7 nitrogen and oxygen atoms in total. The summed E-state index contributed by atoms with van der Waals surface area (Å²) in [5.41, 5.74) is 1.14. The number of nitrogens with zero attached hydrogens (tertiary/aromatic N) is 3. The molecule has 4 aromatic rings. The van der Waals surface area contributed by atoms with E-state index in [1.54, 1.807) is 36.9 Å². The largest absolute Gasteiger partial charge is 0.383 e. The Hall–Kier alpha value is -3.75. The lowest BCUT2D eigenvalue weighted by Gasteiger charge is -2.11. The van der Waals surface area contributed by atoms with Crippen LogP contribution in [0.5, 0.6) is 0 Å². The summed E-state index contributed by atoms with van der Waals surface area (Å²) in [6.07, 6.45) is 7.54. The number of aromatic nitrogens is 4. The first-order valence-electron chi connectivity index (χ1n) is 9.03. The van der Waals surface area contributed by atoms with Crippen molar-refractivity contribution in [3.8, 4) is 0 Å². The van der Waals surface area contributed by atoms with Crippen molar-refractivity contribution in [3.05, 3.63) is 72.4 Å². The van der Waals surface area contributed by atoms with E-state index < -0.39 is 17.5 Å². The Morgan fingerprint density at radius 3 is 2.90 bits per heavy atom. The van der Waals surface area contributed by atoms with Gasteiger partial charge in [0.1, 0.15) is 11.6 Å². The Morgan fingerprint density at radius 2 is 2.07 bits per heavy atom. The lowest BCUT2D eigenvalue weighted by Crippen LogP contribution is -2.15. The predicted octanol–water partition coefficient (Wildman–Crippen LogP) is 3.79. The number of imidazole rings is 1. The Balaban J connectivity index is 1.44. The van der Waals surface area contributed by atoms with Gasteiger partial charge in [0.05, 0.1) is 29.3 Å². The summed E-state index contributed by atoms with van der Waals surface area (Å²) in [7, 11) is 0. The number of aryl methyl sites for hydroxylation is 1. The molecule has 1 amide bonds. The molecule has 148 valence electrons. The van der Waals surface area contributed by atoms with Gasteiger partial charge in [-0.2, -0.15) is 5.10 Å². The smallest absolute Gasteiger partial charge is 0.258 e. The number of hydrogen-bond acceptors (Lipinski definition) is 4. The number of aromatic amines is 1. The first-order valence-corrected chi connectivity index (χ1v) is 9.03. The van der Waals surface area contributed by atoms with E-state index in [4.69, 9.17) is 0 Å². The molecule has 0 radical (unpaired) electrons. The standard InChI is InChI=1S/C20H18F2N6O/c21-16-10-17(22)19(24-4-1-6-28-7-5-23-12-28)9-15(16)20(29)26-14-2-3-18-13(8-14)11-25-27-18/h2-3,5,7-12,24H,1,4,6H2,(H,25,27)(H,26,29). The van der Waals surface area contributed by atoms with Gasteiger partial charge in [-0.3, -0.25) is 9.89 Å². The van der Waals surface area contributed by atoms with Crippen LogP contribution in [0.1, 0.15) is 16.8 Å². The highest BCUT2D eigenvalue weighted by atomic mass is 19.1. The van der Waals surface area contributed by atoms with Gasteiger partial charge in [0, 0.05) is 42.6 Å². The number of amides is 1. The van der Waals surface area contributed by atoms with Crippen molar-refractivity contribution >= 4 is 28.2 Å². The van der Waals surface area contributed by atoms with Crippen molar-refractivity contribution < 1.29 is 13.6 Å². The van der Waals surface area contributed by atoms with Gasteiger partial charge in [0.15, 0.2) is 0 Å². The van der Waals surface area contributed by atoms with Crippen LogP contribution in [-0.4, -0.2) is 32.2 Å². The van der Waals surface area contributed by atoms with Crippen molar-refractivity contribution in [2.45, 2.75) is 13.0 Å². The number of nitrogens with one attached hydrogen (secondary N) is 3. The summed E-state index contributed by atoms with van der Waals surface area (Å²) < 4.78 is 30.2. The zero-order valence-electron chi connectivity index (χ0n) is 15.3. The fourth-order valence-electron chi connectivity index (χ4n) is 2.98. The molecule has 0 aliphatic carbocycles. The topological polar surface area (TPSA) is 87.6 Å². The third kappa shape index (κ3) is 4.23. The van der Waals surface area contributed by atoms with Crippen LogP contribution < -0.4 is 10.6 Å². The van der Waals surface area contributed by atoms with E-state index in [1.165, 1.54) is 6.07 Å². The van der Waals surface area contributed by atoms with E-state index in [0.29, 0.717) is 31.3 Å². The molecule has 0 spiro atoms. The number of anilines is 2. The second-order valence-electron chi connectivity index (χ2n) is 6.52. The van der Waals surface area contributed by atoms with Crippen LogP contribution in [0.4, 0.5) is 20.2 Å². The maximum Gasteiger partial charge on any atom is 0.258 e. The Kier molecular flexibility index (Phi) is 5.19. The number of benzene rings is 2. The van der Waals surface area contributed by atoms with Gasteiger partial charge in [-0.1, -0.05) is 0 Å². The van der Waals surface area contributed by atoms with Gasteiger partial charge in [-0.05, 0) is 30.7 Å². The van der Waals surface area contributed by atoms with E-state index in [1.807, 2.05) is 10.8 Å². The minimum Gasteiger partial charge on any atom is -0.383 e. The number of rotatable bonds is 7. The number of H-pyrrole nitrogens is 1. The van der Waals surface area contributed by atoms with Crippen LogP contribution in [0.3, 0.4) is 0 Å². The van der Waals surface area contributed by atoms with Crippen LogP contribution in [0.2, 0.25) is 0 Å². The normalized spacial score (nSPS) is 11.0. The summed E-state index contributed by atoms with van der Waals surface area (Å²) in [5, 5.41) is 13.1. The molecule has 0 aliphatic rings. The lowest BCUT2D eigenvalue weighted by molar-refractivity contribution is 0.102. The average Bonchev–Trinajstić information content (AvgIpc) is 3.37. The number of halogens is 2. The minimum atomic E-state index is -0.923. The zero-order chi connectivity index (χ0) is 20.2. The van der Waals surface area contributed by atoms with Crippen molar-refractivity contribution in [1.82, 2.24) is 19.7 Å². The van der Waals surface area contributed by atoms with Gasteiger partial charge in [-0.15, -0.1) is 0 Å². The summed E-state index contributed by atoms with van der Waals surface area (Å²) in [6.45, 7) is 1.17. The molecule has 0 bridgehead atoms. The van der Waals surface area contributed by atoms with Crippen molar-refractivity contribution in [3.63, 3.8) is 0 Å². The Bertz CT molecular complexity index is 1140. The third-order valence-corrected chi connectivity index (χ3v) is 4.47. The predicted molar refractivity (Wildman–Crippen MR) is 106 cm³/mol. The average molecular weight is 396 g/mol. The van der Waals surface area contributed by atoms with E-state index in [0.717, 1.165) is 10.9 Å². The van der Waals surface area contributed by atoms with Gasteiger partial charge in [0.25, 0.3) is 5.91 Å². The van der Waals surface area contributed by atoms with E-state index >= 15 is 0 Å². The molecule has 0 atom stereocenters. The van der Waals surface area contributed by atoms with Crippen LogP contribution >= 0.6 is 0 Å². The molecule has 2 aromatic carbocycles. The van der Waals surface area contributed by atoms with Gasteiger partial charge in [0.2, 0.25) is 0 Å². The molecule has 9 heteroatoms. The number of fused-ring (bicyclic) bond motifs is 1. The first-order chi connectivity index (χ1) is 14.1. The summed E-state index contributed by atoms with van der Waals surface area (Å²) in [6, 6.07) is 7.05. The first kappa shape index (κ1) is 18.6. The van der Waals surface area contributed by atoms with Gasteiger partial charge < -0.3 is 15.2 Å². The zero-order valence-corrected chi connectivity index (χ0v) is 15.3. The monoisotopic (exact) mass is 396 g/mol. The third-order valence-electron chi connectivity index (χ3n) is 4.47. The van der Waals surface area contributed by atoms with E-state index in [-0.39, 0.29) is 11.3 Å². The molecular formula is C20H18F2N6O. The highest BCUT2D eigenvalue weighted by molar-refractivity contribution is 6.05. The SMILES string of the molecule is O=C(Nc1ccc2[nH]ncc2c1)c1cc(NCCCn2ccnc2)c(F)cc1F. The molecule has 0 fully saturated rings. The molecule has 2 heterocycles. The van der Waals surface area contributed by atoms with Crippen molar-refractivity contribution in [1.29, 1.82) is 0 Å². The van der Waals surface area contributed by atoms with Crippen LogP contribution in [0, 0.1) is 11.6 Å². The second-order valence-corrected chi connectivity index (χ2v) is 6.52. The highest BCUT2D eigenvalue weighted by Gasteiger charge is 2.16. The summed E-state index contributed by atoms with van der Waals surface area (Å²) in [5.74, 6) is -2.33. The molecule has 0 aliphatic heterocycles. The molecule has 29 heavy (non-hydrogen) atoms. The maximum atomic E-state index is 14.2. The molecule has 0 unspecified atom stereocenters. The number of carbonyl (C=O) groups excluding carboxylic acids is 1. The van der Waals surface area contributed by atoms with E-state index in [2.05, 4.69) is 25.8 Å². The fraction of sp³-hybridized carbons (Fsp3) is 0.150. The quantitative estimate of drug-likeness (QED) is 0.415. The number of carbonyl (C=O) groups is 1. The second kappa shape index (κ2) is 8.09.